The number of carbonyl (C=O) groups excluding carboxylic acids is 1. The van der Waals surface area contributed by atoms with Gasteiger partial charge in [0.05, 0.1) is 6.33 Å². The standard InChI is InChI=1S/C6H3ClN4O/c7-5(12)3-4-6(10-1-8-3)11-2-9-4/h1-2H,(H,8,9,10,11). The monoisotopic (exact) mass is 182 g/mol. The first-order valence-electron chi connectivity index (χ1n) is 3.13. The molecule has 0 amide bonds. The Kier molecular flexibility index (Phi) is 1.51. The summed E-state index contributed by atoms with van der Waals surface area (Å²) in [4.78, 5) is 24.9. The average molecular weight is 183 g/mol. The van der Waals surface area contributed by atoms with Crippen molar-refractivity contribution in [3.8, 4) is 0 Å². The number of nitrogens with one attached hydrogen (secondary N) is 1. The Morgan fingerprint density at radius 2 is 2.25 bits per heavy atom. The molecule has 0 aliphatic heterocycles. The highest BCUT2D eigenvalue weighted by atomic mass is 35.5. The quantitative estimate of drug-likeness (QED) is 0.660. The topological polar surface area (TPSA) is 71.5 Å². The van der Waals surface area contributed by atoms with Crippen molar-refractivity contribution in [2.24, 2.45) is 0 Å². The predicted octanol–water partition coefficient (Wildman–Crippen LogP) is 0.732. The molecule has 0 unspecified atom stereocenters. The summed E-state index contributed by atoms with van der Waals surface area (Å²) >= 11 is 5.26. The number of H-pyrrole nitrogens is 1. The van der Waals surface area contributed by atoms with Crippen LogP contribution in [0.3, 0.4) is 0 Å². The van der Waals surface area contributed by atoms with Gasteiger partial charge in [0, 0.05) is 0 Å². The van der Waals surface area contributed by atoms with E-state index in [1.54, 1.807) is 0 Å². The molecule has 0 bridgehead atoms. The van der Waals surface area contributed by atoms with Crippen molar-refractivity contribution in [3.63, 3.8) is 0 Å². The van der Waals surface area contributed by atoms with Gasteiger partial charge in [0.2, 0.25) is 0 Å². The van der Waals surface area contributed by atoms with E-state index in [0.717, 1.165) is 0 Å². The van der Waals surface area contributed by atoms with Crippen LogP contribution in [-0.2, 0) is 0 Å². The average Bonchev–Trinajstić information content (AvgIpc) is 2.49. The fourth-order valence-corrected chi connectivity index (χ4v) is 1.06. The molecule has 60 valence electrons. The molecule has 2 aromatic rings. The van der Waals surface area contributed by atoms with Crippen molar-refractivity contribution in [3.05, 3.63) is 18.3 Å². The summed E-state index contributed by atoms with van der Waals surface area (Å²) in [7, 11) is 0. The van der Waals surface area contributed by atoms with Gasteiger partial charge in [-0.2, -0.15) is 0 Å². The number of aromatic amines is 1. The summed E-state index contributed by atoms with van der Waals surface area (Å²) in [6.45, 7) is 0. The number of aromatic nitrogens is 4. The summed E-state index contributed by atoms with van der Waals surface area (Å²) in [6, 6.07) is 0. The maximum atomic E-state index is 10.8. The van der Waals surface area contributed by atoms with Gasteiger partial charge < -0.3 is 4.98 Å². The Hall–Kier alpha value is -1.49. The maximum Gasteiger partial charge on any atom is 0.273 e. The summed E-state index contributed by atoms with van der Waals surface area (Å²) < 4.78 is 0. The summed E-state index contributed by atoms with van der Waals surface area (Å²) in [6.07, 6.45) is 2.68. The molecule has 0 fully saturated rings. The molecule has 0 aromatic carbocycles. The molecule has 0 aliphatic carbocycles. The van der Waals surface area contributed by atoms with Crippen molar-refractivity contribution in [1.82, 2.24) is 19.9 Å². The number of hydrogen-bond acceptors (Lipinski definition) is 4. The molecule has 1 N–H and O–H groups in total. The number of nitrogens with zero attached hydrogens (tertiary/aromatic N) is 3. The molecule has 6 heteroatoms. The first kappa shape index (κ1) is 7.17. The second kappa shape index (κ2) is 2.53. The van der Waals surface area contributed by atoms with Gasteiger partial charge in [0.1, 0.15) is 11.8 Å². The Labute approximate surface area is 71.8 Å². The zero-order valence-corrected chi connectivity index (χ0v) is 6.54. The lowest BCUT2D eigenvalue weighted by Crippen LogP contribution is -1.96. The Bertz CT molecular complexity index is 438. The molecule has 5 nitrogen and oxygen atoms in total. The number of halogens is 1. The lowest BCUT2D eigenvalue weighted by Gasteiger charge is -1.91. The molecule has 0 saturated heterocycles. The van der Waals surface area contributed by atoms with Crippen LogP contribution in [0.25, 0.3) is 11.2 Å². The molecule has 2 aromatic heterocycles. The number of hydrogen-bond donors (Lipinski definition) is 1. The first-order valence-corrected chi connectivity index (χ1v) is 3.51. The molecule has 0 spiro atoms. The third-order valence-electron chi connectivity index (χ3n) is 1.41. The first-order chi connectivity index (χ1) is 5.79. The lowest BCUT2D eigenvalue weighted by molar-refractivity contribution is 0.107. The normalized spacial score (nSPS) is 10.4. The smallest absolute Gasteiger partial charge is 0.273 e. The zero-order valence-electron chi connectivity index (χ0n) is 5.78. The molecule has 0 saturated carbocycles. The molecule has 0 atom stereocenters. The van der Waals surface area contributed by atoms with Gasteiger partial charge in [0.15, 0.2) is 11.3 Å². The Balaban J connectivity index is 2.82. The van der Waals surface area contributed by atoms with Crippen LogP contribution in [0.1, 0.15) is 10.5 Å². The van der Waals surface area contributed by atoms with Crippen molar-refractivity contribution < 1.29 is 4.79 Å². The second-order valence-corrected chi connectivity index (χ2v) is 2.44. The van der Waals surface area contributed by atoms with Crippen molar-refractivity contribution in [1.29, 1.82) is 0 Å². The third kappa shape index (κ3) is 0.947. The van der Waals surface area contributed by atoms with Gasteiger partial charge in [-0.05, 0) is 11.6 Å². The Morgan fingerprint density at radius 1 is 1.42 bits per heavy atom. The minimum absolute atomic E-state index is 0.152. The van der Waals surface area contributed by atoms with Crippen LogP contribution in [0.4, 0.5) is 0 Å². The third-order valence-corrected chi connectivity index (χ3v) is 1.59. The number of imidazole rings is 1. The van der Waals surface area contributed by atoms with Gasteiger partial charge in [-0.1, -0.05) is 0 Å². The van der Waals surface area contributed by atoms with Crippen LogP contribution in [0.5, 0.6) is 0 Å². The van der Waals surface area contributed by atoms with Crippen LogP contribution in [0.2, 0.25) is 0 Å². The lowest BCUT2D eigenvalue weighted by atomic mass is 10.4. The maximum absolute atomic E-state index is 10.8. The summed E-state index contributed by atoms with van der Waals surface area (Å²) in [5.41, 5.74) is 1.06. The van der Waals surface area contributed by atoms with E-state index in [1.807, 2.05) is 0 Å². The van der Waals surface area contributed by atoms with Crippen LogP contribution in [-0.4, -0.2) is 25.2 Å². The molecule has 2 heterocycles. The molecular formula is C6H3ClN4O. The number of carbonyl (C=O) groups is 1. The van der Waals surface area contributed by atoms with E-state index in [9.17, 15) is 4.79 Å². The van der Waals surface area contributed by atoms with Crippen molar-refractivity contribution in [2.45, 2.75) is 0 Å². The van der Waals surface area contributed by atoms with Crippen LogP contribution < -0.4 is 0 Å². The van der Waals surface area contributed by atoms with Crippen molar-refractivity contribution in [2.75, 3.05) is 0 Å². The molecular weight excluding hydrogens is 180 g/mol. The van der Waals surface area contributed by atoms with Crippen molar-refractivity contribution >= 4 is 28.0 Å². The van der Waals surface area contributed by atoms with E-state index < -0.39 is 5.24 Å². The van der Waals surface area contributed by atoms with Gasteiger partial charge in [-0.25, -0.2) is 15.0 Å². The Morgan fingerprint density at radius 3 is 3.00 bits per heavy atom. The van der Waals surface area contributed by atoms with Crippen LogP contribution in [0, 0.1) is 0 Å². The fourth-order valence-electron chi connectivity index (χ4n) is 0.914. The molecule has 0 aliphatic rings. The summed E-state index contributed by atoms with van der Waals surface area (Å²) in [5, 5.41) is -0.619. The number of fused-ring (bicyclic) bond motifs is 1. The van der Waals surface area contributed by atoms with E-state index in [-0.39, 0.29) is 5.69 Å². The van der Waals surface area contributed by atoms with Gasteiger partial charge >= 0.3 is 0 Å². The second-order valence-electron chi connectivity index (χ2n) is 2.10. The summed E-state index contributed by atoms with van der Waals surface area (Å²) in [5.74, 6) is 0. The number of rotatable bonds is 1. The van der Waals surface area contributed by atoms with E-state index >= 15 is 0 Å². The molecule has 2 rings (SSSR count). The van der Waals surface area contributed by atoms with Crippen LogP contribution >= 0.6 is 11.6 Å². The SMILES string of the molecule is O=C(Cl)c1ncnc2nc[nH]c12. The minimum Gasteiger partial charge on any atom is -0.341 e. The predicted molar refractivity (Wildman–Crippen MR) is 41.9 cm³/mol. The van der Waals surface area contributed by atoms with Gasteiger partial charge in [-0.3, -0.25) is 4.79 Å². The largest absolute Gasteiger partial charge is 0.341 e. The van der Waals surface area contributed by atoms with Gasteiger partial charge in [0.25, 0.3) is 5.24 Å². The van der Waals surface area contributed by atoms with E-state index in [2.05, 4.69) is 19.9 Å². The fraction of sp³-hybridized carbons (Fsp3) is 0. The van der Waals surface area contributed by atoms with Crippen LogP contribution in [0.15, 0.2) is 12.7 Å². The van der Waals surface area contributed by atoms with E-state index in [4.69, 9.17) is 11.6 Å². The van der Waals surface area contributed by atoms with Gasteiger partial charge in [-0.15, -0.1) is 0 Å². The highest BCUT2D eigenvalue weighted by Gasteiger charge is 2.10. The molecule has 0 radical (unpaired) electrons. The van der Waals surface area contributed by atoms with E-state index in [0.29, 0.717) is 11.2 Å². The highest BCUT2D eigenvalue weighted by Crippen LogP contribution is 2.10. The van der Waals surface area contributed by atoms with E-state index in [1.165, 1.54) is 12.7 Å². The minimum atomic E-state index is -0.619. The zero-order chi connectivity index (χ0) is 8.55. The molecule has 12 heavy (non-hydrogen) atoms. The highest BCUT2D eigenvalue weighted by molar-refractivity contribution is 6.68.